The summed E-state index contributed by atoms with van der Waals surface area (Å²) in [5.74, 6) is 1.39. The van der Waals surface area contributed by atoms with E-state index in [1.807, 2.05) is 31.2 Å². The minimum atomic E-state index is 0.590. The van der Waals surface area contributed by atoms with Gasteiger partial charge in [0.15, 0.2) is 5.82 Å². The molecule has 0 saturated heterocycles. The maximum absolute atomic E-state index is 5.92. The average molecular weight is 218 g/mol. The highest BCUT2D eigenvalue weighted by atomic mass is 16.5. The molecule has 1 aromatic heterocycles. The van der Waals surface area contributed by atoms with Crippen LogP contribution in [0.5, 0.6) is 5.75 Å². The molecule has 0 unspecified atom stereocenters. The maximum atomic E-state index is 5.92. The zero-order chi connectivity index (χ0) is 11.5. The third kappa shape index (κ3) is 1.71. The average Bonchev–Trinajstić information content (AvgIpc) is 2.70. The van der Waals surface area contributed by atoms with Crippen molar-refractivity contribution in [2.75, 3.05) is 12.8 Å². The third-order valence-electron chi connectivity index (χ3n) is 2.43. The van der Waals surface area contributed by atoms with Crippen molar-refractivity contribution in [1.29, 1.82) is 0 Å². The van der Waals surface area contributed by atoms with Crippen molar-refractivity contribution >= 4 is 5.82 Å². The van der Waals surface area contributed by atoms with E-state index in [1.54, 1.807) is 11.8 Å². The topological polar surface area (TPSA) is 66.0 Å². The number of benzene rings is 1. The van der Waals surface area contributed by atoms with Gasteiger partial charge in [-0.3, -0.25) is 0 Å². The Kier molecular flexibility index (Phi) is 2.76. The number of rotatable bonds is 3. The van der Waals surface area contributed by atoms with Crippen molar-refractivity contribution < 1.29 is 4.74 Å². The highest BCUT2D eigenvalue weighted by Gasteiger charge is 2.08. The first-order valence-corrected chi connectivity index (χ1v) is 5.10. The fourth-order valence-corrected chi connectivity index (χ4v) is 1.49. The Morgan fingerprint density at radius 1 is 1.31 bits per heavy atom. The van der Waals surface area contributed by atoms with Gasteiger partial charge in [-0.25, -0.2) is 0 Å². The number of hydrogen-bond donors (Lipinski definition) is 1. The van der Waals surface area contributed by atoms with E-state index in [1.165, 1.54) is 0 Å². The number of nitrogen functional groups attached to an aromatic ring is 1. The van der Waals surface area contributed by atoms with Crippen LogP contribution >= 0.6 is 0 Å². The number of nitrogens with zero attached hydrogens (tertiary/aromatic N) is 3. The minimum Gasteiger partial charge on any atom is -0.497 e. The van der Waals surface area contributed by atoms with Crippen LogP contribution in [0.25, 0.3) is 5.69 Å². The zero-order valence-electron chi connectivity index (χ0n) is 9.34. The van der Waals surface area contributed by atoms with E-state index >= 15 is 0 Å². The molecule has 0 atom stereocenters. The van der Waals surface area contributed by atoms with E-state index in [-0.39, 0.29) is 0 Å². The van der Waals surface area contributed by atoms with Gasteiger partial charge in [0.05, 0.1) is 12.8 Å². The molecule has 2 rings (SSSR count). The molecule has 0 bridgehead atoms. The Balaban J connectivity index is 2.38. The minimum absolute atomic E-state index is 0.590. The first kappa shape index (κ1) is 10.5. The van der Waals surface area contributed by atoms with E-state index in [0.29, 0.717) is 5.82 Å². The lowest BCUT2D eigenvalue weighted by atomic mass is 10.3. The lowest BCUT2D eigenvalue weighted by Crippen LogP contribution is -2.02. The Morgan fingerprint density at radius 2 is 2.00 bits per heavy atom. The zero-order valence-corrected chi connectivity index (χ0v) is 9.34. The molecule has 0 aliphatic rings. The number of aromatic nitrogens is 3. The summed E-state index contributed by atoms with van der Waals surface area (Å²) in [6, 6.07) is 7.51. The molecule has 16 heavy (non-hydrogen) atoms. The largest absolute Gasteiger partial charge is 0.497 e. The van der Waals surface area contributed by atoms with Crippen molar-refractivity contribution in [2.24, 2.45) is 0 Å². The predicted molar refractivity (Wildman–Crippen MR) is 61.7 cm³/mol. The van der Waals surface area contributed by atoms with Crippen LogP contribution in [-0.4, -0.2) is 22.1 Å². The predicted octanol–water partition coefficient (Wildman–Crippen LogP) is 1.42. The van der Waals surface area contributed by atoms with Gasteiger partial charge in [-0.15, -0.1) is 5.10 Å². The summed E-state index contributed by atoms with van der Waals surface area (Å²) in [5, 5.41) is 8.02. The van der Waals surface area contributed by atoms with Crippen molar-refractivity contribution in [3.8, 4) is 11.4 Å². The molecule has 1 aromatic carbocycles. The van der Waals surface area contributed by atoms with Gasteiger partial charge in [0.1, 0.15) is 11.4 Å². The van der Waals surface area contributed by atoms with Crippen molar-refractivity contribution in [2.45, 2.75) is 13.3 Å². The molecule has 0 fully saturated rings. The van der Waals surface area contributed by atoms with E-state index in [4.69, 9.17) is 10.5 Å². The Hall–Kier alpha value is -2.04. The van der Waals surface area contributed by atoms with Crippen LogP contribution in [0.2, 0.25) is 0 Å². The molecule has 0 aliphatic carbocycles. The molecule has 2 N–H and O–H groups in total. The molecule has 5 nitrogen and oxygen atoms in total. The normalized spacial score (nSPS) is 10.4. The summed E-state index contributed by atoms with van der Waals surface area (Å²) in [6.07, 6.45) is 0.780. The molecule has 84 valence electrons. The number of anilines is 1. The second-order valence-corrected chi connectivity index (χ2v) is 3.38. The Bertz CT molecular complexity index is 475. The lowest BCUT2D eigenvalue weighted by molar-refractivity contribution is 0.414. The highest BCUT2D eigenvalue weighted by Crippen LogP contribution is 2.18. The van der Waals surface area contributed by atoms with Crippen LogP contribution < -0.4 is 10.5 Å². The van der Waals surface area contributed by atoms with Crippen molar-refractivity contribution in [3.05, 3.63) is 30.0 Å². The number of hydrogen-bond acceptors (Lipinski definition) is 4. The number of ether oxygens (including phenoxy) is 1. The summed E-state index contributed by atoms with van der Waals surface area (Å²) in [4.78, 5) is 0. The fraction of sp³-hybridized carbons (Fsp3) is 0.273. The van der Waals surface area contributed by atoms with Crippen LogP contribution in [0.3, 0.4) is 0 Å². The third-order valence-corrected chi connectivity index (χ3v) is 2.43. The molecule has 0 spiro atoms. The summed E-state index contributed by atoms with van der Waals surface area (Å²) < 4.78 is 6.71. The fourth-order valence-electron chi connectivity index (χ4n) is 1.49. The van der Waals surface area contributed by atoms with Crippen LogP contribution in [0, 0.1) is 0 Å². The van der Waals surface area contributed by atoms with Crippen molar-refractivity contribution in [1.82, 2.24) is 15.0 Å². The number of aryl methyl sites for hydroxylation is 1. The molecule has 0 radical (unpaired) electrons. The molecular weight excluding hydrogens is 204 g/mol. The maximum Gasteiger partial charge on any atom is 0.151 e. The van der Waals surface area contributed by atoms with Crippen LogP contribution in [0.15, 0.2) is 24.3 Å². The Morgan fingerprint density at radius 3 is 2.50 bits per heavy atom. The summed E-state index contributed by atoms with van der Waals surface area (Å²) >= 11 is 0. The van der Waals surface area contributed by atoms with E-state index in [9.17, 15) is 0 Å². The SMILES string of the molecule is CCc1nnn(-c2ccc(OC)cc2)c1N. The molecule has 2 aromatic rings. The van der Waals surface area contributed by atoms with Gasteiger partial charge in [0.25, 0.3) is 0 Å². The Labute approximate surface area is 93.8 Å². The van der Waals surface area contributed by atoms with E-state index in [2.05, 4.69) is 10.3 Å². The van der Waals surface area contributed by atoms with Crippen LogP contribution in [-0.2, 0) is 6.42 Å². The van der Waals surface area contributed by atoms with Gasteiger partial charge in [-0.05, 0) is 30.7 Å². The second-order valence-electron chi connectivity index (χ2n) is 3.38. The van der Waals surface area contributed by atoms with Crippen LogP contribution in [0.1, 0.15) is 12.6 Å². The van der Waals surface area contributed by atoms with Gasteiger partial charge in [0.2, 0.25) is 0 Å². The van der Waals surface area contributed by atoms with Gasteiger partial charge in [0, 0.05) is 0 Å². The first-order chi connectivity index (χ1) is 7.76. The molecule has 0 amide bonds. The number of methoxy groups -OCH3 is 1. The lowest BCUT2D eigenvalue weighted by Gasteiger charge is -2.04. The first-order valence-electron chi connectivity index (χ1n) is 5.10. The smallest absolute Gasteiger partial charge is 0.151 e. The molecule has 0 saturated carbocycles. The quantitative estimate of drug-likeness (QED) is 0.846. The van der Waals surface area contributed by atoms with Gasteiger partial charge in [-0.2, -0.15) is 4.68 Å². The summed E-state index contributed by atoms with van der Waals surface area (Å²) in [5.41, 5.74) is 7.62. The molecule has 0 aliphatic heterocycles. The van der Waals surface area contributed by atoms with E-state index in [0.717, 1.165) is 23.6 Å². The summed E-state index contributed by atoms with van der Waals surface area (Å²) in [6.45, 7) is 2.00. The molecule has 1 heterocycles. The summed E-state index contributed by atoms with van der Waals surface area (Å²) in [7, 11) is 1.63. The second kappa shape index (κ2) is 4.22. The molecular formula is C11H14N4O. The van der Waals surface area contributed by atoms with E-state index < -0.39 is 0 Å². The van der Waals surface area contributed by atoms with Crippen molar-refractivity contribution in [3.63, 3.8) is 0 Å². The van der Waals surface area contributed by atoms with Gasteiger partial charge in [-0.1, -0.05) is 12.1 Å². The standard InChI is InChI=1S/C11H14N4O/c1-3-10-11(12)15(14-13-10)8-4-6-9(16-2)7-5-8/h4-7H,3,12H2,1-2H3. The van der Waals surface area contributed by atoms with Gasteiger partial charge >= 0.3 is 0 Å². The number of nitrogens with two attached hydrogens (primary N) is 1. The monoisotopic (exact) mass is 218 g/mol. The van der Waals surface area contributed by atoms with Crippen LogP contribution in [0.4, 0.5) is 5.82 Å². The van der Waals surface area contributed by atoms with Gasteiger partial charge < -0.3 is 10.5 Å². The molecule has 5 heteroatoms. The highest BCUT2D eigenvalue weighted by molar-refractivity contribution is 5.45.